The maximum absolute atomic E-state index is 9.81. The lowest BCUT2D eigenvalue weighted by Crippen LogP contribution is -2.40. The Bertz CT molecular complexity index is 1040. The highest BCUT2D eigenvalue weighted by atomic mass is 15.3. The number of pyridine rings is 1. The number of aromatic nitrogens is 3. The van der Waals surface area contributed by atoms with E-state index in [4.69, 9.17) is 5.73 Å². The molecule has 2 N–H and O–H groups in total. The molecular weight excluding hydrogens is 336 g/mol. The van der Waals surface area contributed by atoms with E-state index in [-0.39, 0.29) is 0 Å². The van der Waals surface area contributed by atoms with E-state index in [2.05, 4.69) is 39.3 Å². The van der Waals surface area contributed by atoms with Crippen LogP contribution in [-0.2, 0) is 6.54 Å². The molecule has 3 aromatic rings. The predicted molar refractivity (Wildman–Crippen MR) is 104 cm³/mol. The standard InChI is InChI=1S/C21H20N6/c22-12-17-18(16-4-1-3-14(11-16)13-27-8-2-7-24-27)20-19(25-21(17)23)15-5-9-26(20)10-6-15/h1-4,7-8,11,15H,5-6,9-10,13H2,(H2,23,25). The van der Waals surface area contributed by atoms with E-state index in [1.807, 2.05) is 23.0 Å². The molecule has 2 bridgehead atoms. The van der Waals surface area contributed by atoms with Gasteiger partial charge in [-0.15, -0.1) is 0 Å². The van der Waals surface area contributed by atoms with Gasteiger partial charge in [0.1, 0.15) is 17.5 Å². The molecule has 1 fully saturated rings. The van der Waals surface area contributed by atoms with E-state index >= 15 is 0 Å². The number of fused-ring (bicyclic) bond motifs is 2. The van der Waals surface area contributed by atoms with Crippen molar-refractivity contribution in [1.29, 1.82) is 5.26 Å². The molecule has 2 aromatic heterocycles. The van der Waals surface area contributed by atoms with Crippen LogP contribution in [0.3, 0.4) is 0 Å². The van der Waals surface area contributed by atoms with Gasteiger partial charge < -0.3 is 10.6 Å². The maximum Gasteiger partial charge on any atom is 0.142 e. The molecule has 0 spiro atoms. The first-order valence-electron chi connectivity index (χ1n) is 9.29. The number of nitriles is 1. The van der Waals surface area contributed by atoms with Gasteiger partial charge >= 0.3 is 0 Å². The molecule has 0 unspecified atom stereocenters. The third-order valence-electron chi connectivity index (χ3n) is 5.66. The third-order valence-corrected chi connectivity index (χ3v) is 5.66. The molecule has 0 radical (unpaired) electrons. The molecule has 6 rings (SSSR count). The van der Waals surface area contributed by atoms with Crippen LogP contribution in [0.1, 0.15) is 35.6 Å². The van der Waals surface area contributed by atoms with Gasteiger partial charge in [0.15, 0.2) is 0 Å². The molecule has 0 amide bonds. The number of piperidine rings is 1. The first kappa shape index (κ1) is 15.9. The zero-order chi connectivity index (χ0) is 18.4. The van der Waals surface area contributed by atoms with Gasteiger partial charge in [-0.2, -0.15) is 10.4 Å². The molecule has 134 valence electrons. The van der Waals surface area contributed by atoms with E-state index in [1.165, 1.54) is 0 Å². The van der Waals surface area contributed by atoms with Crippen LogP contribution in [0.4, 0.5) is 11.5 Å². The minimum atomic E-state index is 0.345. The highest BCUT2D eigenvalue weighted by molar-refractivity contribution is 5.89. The predicted octanol–water partition coefficient (Wildman–Crippen LogP) is 3.14. The number of nitrogens with zero attached hydrogens (tertiary/aromatic N) is 5. The first-order valence-corrected chi connectivity index (χ1v) is 9.29. The number of hydrogen-bond donors (Lipinski definition) is 1. The van der Waals surface area contributed by atoms with Crippen LogP contribution in [-0.4, -0.2) is 27.9 Å². The van der Waals surface area contributed by atoms with Gasteiger partial charge in [0.05, 0.1) is 17.9 Å². The lowest BCUT2D eigenvalue weighted by molar-refractivity contribution is 0.465. The Labute approximate surface area is 157 Å². The Morgan fingerprint density at radius 1 is 1.22 bits per heavy atom. The fourth-order valence-electron chi connectivity index (χ4n) is 4.39. The second kappa shape index (κ2) is 6.13. The number of rotatable bonds is 3. The Morgan fingerprint density at radius 2 is 2.07 bits per heavy atom. The normalized spacial score (nSPS) is 15.6. The molecule has 27 heavy (non-hydrogen) atoms. The summed E-state index contributed by atoms with van der Waals surface area (Å²) >= 11 is 0. The summed E-state index contributed by atoms with van der Waals surface area (Å²) in [5, 5.41) is 14.1. The summed E-state index contributed by atoms with van der Waals surface area (Å²) in [6, 6.07) is 12.5. The average molecular weight is 356 g/mol. The summed E-state index contributed by atoms with van der Waals surface area (Å²) < 4.78 is 1.89. The molecule has 5 heterocycles. The quantitative estimate of drug-likeness (QED) is 0.779. The monoisotopic (exact) mass is 356 g/mol. The summed E-state index contributed by atoms with van der Waals surface area (Å²) in [6.45, 7) is 2.74. The van der Waals surface area contributed by atoms with Gasteiger partial charge in [-0.05, 0) is 36.1 Å². The van der Waals surface area contributed by atoms with Crippen molar-refractivity contribution >= 4 is 11.5 Å². The summed E-state index contributed by atoms with van der Waals surface area (Å²) in [4.78, 5) is 7.01. The van der Waals surface area contributed by atoms with Gasteiger partial charge in [-0.1, -0.05) is 18.2 Å². The van der Waals surface area contributed by atoms with Crippen LogP contribution < -0.4 is 10.6 Å². The summed E-state index contributed by atoms with van der Waals surface area (Å²) in [5.41, 5.74) is 12.0. The number of benzene rings is 1. The molecule has 0 atom stereocenters. The minimum Gasteiger partial charge on any atom is -0.383 e. The van der Waals surface area contributed by atoms with Crippen molar-refractivity contribution in [3.63, 3.8) is 0 Å². The lowest BCUT2D eigenvalue weighted by Gasteiger charge is -2.42. The van der Waals surface area contributed by atoms with Crippen LogP contribution in [0.15, 0.2) is 42.7 Å². The van der Waals surface area contributed by atoms with Crippen molar-refractivity contribution in [1.82, 2.24) is 14.8 Å². The number of nitrogens with two attached hydrogens (primary N) is 1. The summed E-state index contributed by atoms with van der Waals surface area (Å²) in [5.74, 6) is 0.795. The van der Waals surface area contributed by atoms with Gasteiger partial charge in [-0.25, -0.2) is 4.98 Å². The smallest absolute Gasteiger partial charge is 0.142 e. The van der Waals surface area contributed by atoms with Crippen LogP contribution in [0, 0.1) is 11.3 Å². The van der Waals surface area contributed by atoms with Crippen molar-refractivity contribution in [3.8, 4) is 17.2 Å². The zero-order valence-electron chi connectivity index (χ0n) is 15.0. The van der Waals surface area contributed by atoms with Crippen molar-refractivity contribution in [3.05, 3.63) is 59.5 Å². The number of anilines is 2. The summed E-state index contributed by atoms with van der Waals surface area (Å²) in [6.07, 6.45) is 5.96. The van der Waals surface area contributed by atoms with Crippen molar-refractivity contribution in [2.75, 3.05) is 23.7 Å². The number of nitrogen functional groups attached to an aromatic ring is 1. The van der Waals surface area contributed by atoms with Gasteiger partial charge in [0.2, 0.25) is 0 Å². The van der Waals surface area contributed by atoms with Crippen LogP contribution in [0.5, 0.6) is 0 Å². The SMILES string of the molecule is N#Cc1c(N)nc2c(c1-c1cccc(Cn3cccn3)c1)N1CCC2CC1. The van der Waals surface area contributed by atoms with Crippen LogP contribution in [0.25, 0.3) is 11.1 Å². The largest absolute Gasteiger partial charge is 0.383 e. The molecule has 6 nitrogen and oxygen atoms in total. The second-order valence-corrected chi connectivity index (χ2v) is 7.26. The molecule has 3 aliphatic rings. The molecule has 1 saturated heterocycles. The zero-order valence-corrected chi connectivity index (χ0v) is 15.0. The molecule has 6 heteroatoms. The fourth-order valence-corrected chi connectivity index (χ4v) is 4.39. The van der Waals surface area contributed by atoms with Crippen LogP contribution in [0.2, 0.25) is 0 Å². The minimum absolute atomic E-state index is 0.345. The highest BCUT2D eigenvalue weighted by Crippen LogP contribution is 2.48. The lowest BCUT2D eigenvalue weighted by atomic mass is 9.82. The van der Waals surface area contributed by atoms with Crippen molar-refractivity contribution < 1.29 is 0 Å². The van der Waals surface area contributed by atoms with Gasteiger partial charge in [0.25, 0.3) is 0 Å². The van der Waals surface area contributed by atoms with Crippen molar-refractivity contribution in [2.45, 2.75) is 25.3 Å². The molecule has 3 aliphatic heterocycles. The molecular formula is C21H20N6. The number of hydrogen-bond acceptors (Lipinski definition) is 5. The van der Waals surface area contributed by atoms with Gasteiger partial charge in [0, 0.05) is 37.0 Å². The van der Waals surface area contributed by atoms with E-state index in [9.17, 15) is 5.26 Å². The Kier molecular flexibility index (Phi) is 3.61. The van der Waals surface area contributed by atoms with E-state index in [0.29, 0.717) is 23.8 Å². The first-order chi connectivity index (χ1) is 13.2. The third kappa shape index (κ3) is 2.55. The fraction of sp³-hybridized carbons (Fsp3) is 0.286. The molecule has 0 saturated carbocycles. The van der Waals surface area contributed by atoms with Gasteiger partial charge in [-0.3, -0.25) is 4.68 Å². The Balaban J connectivity index is 1.68. The summed E-state index contributed by atoms with van der Waals surface area (Å²) in [7, 11) is 0. The second-order valence-electron chi connectivity index (χ2n) is 7.26. The van der Waals surface area contributed by atoms with Crippen molar-refractivity contribution in [2.24, 2.45) is 0 Å². The van der Waals surface area contributed by atoms with E-state index in [0.717, 1.165) is 54.0 Å². The topological polar surface area (TPSA) is 83.8 Å². The highest BCUT2D eigenvalue weighted by Gasteiger charge is 2.36. The Hall–Kier alpha value is -3.33. The Morgan fingerprint density at radius 3 is 2.81 bits per heavy atom. The van der Waals surface area contributed by atoms with E-state index in [1.54, 1.807) is 6.20 Å². The van der Waals surface area contributed by atoms with Crippen LogP contribution >= 0.6 is 0 Å². The molecule has 0 aliphatic carbocycles. The molecule has 1 aromatic carbocycles. The maximum atomic E-state index is 9.81. The van der Waals surface area contributed by atoms with E-state index < -0.39 is 0 Å². The average Bonchev–Trinajstić information content (AvgIpc) is 3.21.